The van der Waals surface area contributed by atoms with Crippen LogP contribution in [0.3, 0.4) is 0 Å². The van der Waals surface area contributed by atoms with Gasteiger partial charge in [0.05, 0.1) is 40.9 Å². The Morgan fingerprint density at radius 2 is 0.752 bits per heavy atom. The lowest BCUT2D eigenvalue weighted by Crippen LogP contribution is -2.54. The summed E-state index contributed by atoms with van der Waals surface area (Å²) in [6, 6.07) is 34.3. The fraction of sp³-hybridized carbons (Fsp3) is 0.762. The Morgan fingerprint density at radius 3 is 1.15 bits per heavy atom. The Kier molecular flexibility index (Phi) is 42.0. The highest BCUT2D eigenvalue weighted by molar-refractivity contribution is 5.22. The second-order valence-electron chi connectivity index (χ2n) is 43.0. The number of aromatic amines is 2. The van der Waals surface area contributed by atoms with Crippen LogP contribution < -0.4 is 10.6 Å². The van der Waals surface area contributed by atoms with Gasteiger partial charge in [-0.05, 0) is 322 Å². The van der Waals surface area contributed by atoms with E-state index in [4.69, 9.17) is 0 Å². The Morgan fingerprint density at radius 1 is 0.368 bits per heavy atom. The first-order valence-electron chi connectivity index (χ1n) is 47.1. The molecule has 7 aliphatic heterocycles. The zero-order chi connectivity index (χ0) is 86.4. The van der Waals surface area contributed by atoms with E-state index in [2.05, 4.69) is 357 Å². The van der Waals surface area contributed by atoms with Gasteiger partial charge in [-0.2, -0.15) is 20.4 Å². The predicted octanol–water partition coefficient (Wildman–Crippen LogP) is 23.9. The van der Waals surface area contributed by atoms with E-state index in [0.29, 0.717) is 41.8 Å². The summed E-state index contributed by atoms with van der Waals surface area (Å²) in [5, 5.41) is 29.9. The molecule has 4 N–H and O–H groups in total. The van der Waals surface area contributed by atoms with E-state index in [1.54, 1.807) is 0 Å². The van der Waals surface area contributed by atoms with Crippen molar-refractivity contribution in [3.8, 4) is 0 Å². The first-order valence-corrected chi connectivity index (χ1v) is 47.1. The molecule has 14 rings (SSSR count). The summed E-state index contributed by atoms with van der Waals surface area (Å²) in [4.78, 5) is 15.9. The van der Waals surface area contributed by atoms with Gasteiger partial charge in [0.15, 0.2) is 0 Å². The van der Waals surface area contributed by atoms with Crippen LogP contribution in [-0.4, -0.2) is 169 Å². The van der Waals surface area contributed by atoms with Gasteiger partial charge in [-0.25, -0.2) is 0 Å². The summed E-state index contributed by atoms with van der Waals surface area (Å²) in [7, 11) is 4.10. The number of aryl methyl sites for hydroxylation is 2. The van der Waals surface area contributed by atoms with Crippen LogP contribution in [-0.2, 0) is 14.1 Å². The van der Waals surface area contributed by atoms with Crippen molar-refractivity contribution in [1.82, 2.24) is 80.0 Å². The summed E-state index contributed by atoms with van der Waals surface area (Å²) in [5.74, 6) is 6.81. The molecule has 11 heterocycles. The van der Waals surface area contributed by atoms with Gasteiger partial charge in [0.2, 0.25) is 0 Å². The smallest absolute Gasteiger partial charge is 0.0552 e. The van der Waals surface area contributed by atoms with E-state index in [1.165, 1.54) is 189 Å². The molecule has 0 unspecified atom stereocenters. The Labute approximate surface area is 718 Å². The number of hydrogen-bond donors (Lipinski definition) is 4. The minimum absolute atomic E-state index is 0.231. The number of likely N-dealkylation sites (N-methyl/N-ethyl adjacent to an activating group) is 1. The van der Waals surface area contributed by atoms with E-state index in [-0.39, 0.29) is 22.2 Å². The summed E-state index contributed by atoms with van der Waals surface area (Å²) in [6.45, 7) is 73.8. The van der Waals surface area contributed by atoms with E-state index in [9.17, 15) is 0 Å². The highest BCUT2D eigenvalue weighted by atomic mass is 15.3. The molecule has 8 aliphatic rings. The molecular weight excluding hydrogens is 1440 g/mol. The zero-order valence-electron chi connectivity index (χ0n) is 80.7. The molecule has 12 atom stereocenters. The lowest BCUT2D eigenvalue weighted by atomic mass is 9.78. The molecule has 16 heteroatoms. The SMILES string of the molecule is CC(C)(C)N1CCCC[C@H]1C1CCCCC1.CC(C)C.CC(C)C.CCN1CCN(C(C)(C)C)[C@H](c2ccccc2)C1.C[C@@H]1CCN(C(C)(C)C)[C@H](c2ccn[nH]2)C1.C[C@@H]1CCN(C(C)(C)C)[C@H](c2ccnn2C)C1.C[C@@H]1CCN(C(C)(C)C)[C@H](c2ccnn2C)C1.C[C@@H]1CCN[C@H](c2ccccc2)C1.C[C@@H]1CCN[C@H](c2ccn[nH]2)C1. The van der Waals surface area contributed by atoms with Crippen LogP contribution >= 0.6 is 0 Å². The Balaban J connectivity index is 0.000000209. The Hall–Kier alpha value is -5.04. The normalized spacial score (nSPS) is 26.5. The number of piperazine rings is 1. The third-order valence-corrected chi connectivity index (χ3v) is 25.5. The van der Waals surface area contributed by atoms with E-state index in [0.717, 1.165) is 79.6 Å². The van der Waals surface area contributed by atoms with Gasteiger partial charge >= 0.3 is 0 Å². The number of hydrogen-bond acceptors (Lipinski definition) is 12. The minimum Gasteiger partial charge on any atom is -0.310 e. The average molecular weight is 1620 g/mol. The first kappa shape index (κ1) is 101. The van der Waals surface area contributed by atoms with Crippen molar-refractivity contribution in [1.29, 1.82) is 0 Å². The minimum atomic E-state index is 0.231. The van der Waals surface area contributed by atoms with Crippen molar-refractivity contribution in [2.24, 2.45) is 61.4 Å². The van der Waals surface area contributed by atoms with Crippen LogP contribution in [0.2, 0.25) is 0 Å². The van der Waals surface area contributed by atoms with E-state index >= 15 is 0 Å². The van der Waals surface area contributed by atoms with Gasteiger partial charge in [0.25, 0.3) is 0 Å². The quantitative estimate of drug-likeness (QED) is 0.115. The third-order valence-electron chi connectivity index (χ3n) is 25.5. The number of rotatable bonds is 8. The number of nitrogens with one attached hydrogen (secondary N) is 4. The molecule has 1 aliphatic carbocycles. The topological polar surface area (TPSA) is 136 Å². The summed E-state index contributed by atoms with van der Waals surface area (Å²) in [5.41, 5.74) is 9.39. The highest BCUT2D eigenvalue weighted by Crippen LogP contribution is 2.43. The van der Waals surface area contributed by atoms with Gasteiger partial charge in [0, 0.05) is 110 Å². The maximum Gasteiger partial charge on any atom is 0.0552 e. The predicted molar refractivity (Wildman–Crippen MR) is 501 cm³/mol. The largest absolute Gasteiger partial charge is 0.310 e. The third kappa shape index (κ3) is 34.3. The molecule has 16 nitrogen and oxygen atoms in total. The Bertz CT molecular complexity index is 3410. The summed E-state index contributed by atoms with van der Waals surface area (Å²) >= 11 is 0. The first-order chi connectivity index (χ1) is 55.1. The molecule has 2 aromatic carbocycles. The highest BCUT2D eigenvalue weighted by Gasteiger charge is 2.41. The number of likely N-dealkylation sites (tertiary alicyclic amines) is 4. The van der Waals surface area contributed by atoms with Gasteiger partial charge < -0.3 is 15.5 Å². The number of H-pyrrole nitrogens is 2. The van der Waals surface area contributed by atoms with Crippen molar-refractivity contribution in [3.05, 3.63) is 144 Å². The molecule has 0 bridgehead atoms. The standard InChI is InChI=1S/C16H26N2.C15H29N.2C14H25N3.C13H23N3.C12H17N.C9H15N3.2C4H10/c1-5-17-11-12-18(16(2,3)4)15(13-17)14-9-7-6-8-10-14;1-15(2,3)16-12-8-7-11-14(16)13-9-5-4-6-10-13;2*1-11-7-9-17(14(2,3)4)13(10-11)12-6-8-15-16(12)5;1-10-6-8-16(13(2,3)4)12(9-10)11-5-7-14-15-11;1-10-7-8-13-12(9-10)11-5-3-2-4-6-11;1-7-2-4-10-9(6-7)8-3-5-11-12-8;2*1-4(2)3/h6-10,15H,5,11-13H2,1-4H3;13-14H,4-12H2,1-3H3;2*6,8,11,13H,7,9-10H2,1-5H3;5,7,10,12H,6,8-9H2,1-4H3,(H,14,15);2-6,10,12-13H,7-9H2,1H3;3,5,7,9-10H,2,4,6H2,1H3,(H,11,12);2*4H,1-3H3/t15-;14-;2*11-,13+;2*10-,12+;7-,9+;;/m0011111../s1. The maximum atomic E-state index is 4.32. The molecule has 664 valence electrons. The van der Waals surface area contributed by atoms with Crippen LogP contribution in [0.1, 0.15) is 373 Å². The number of piperidine rings is 6. The monoisotopic (exact) mass is 1620 g/mol. The zero-order valence-corrected chi connectivity index (χ0v) is 80.7. The molecule has 117 heavy (non-hydrogen) atoms. The molecule has 1 saturated carbocycles. The van der Waals surface area contributed by atoms with Crippen molar-refractivity contribution in [2.45, 2.75) is 373 Å². The molecule has 0 spiro atoms. The van der Waals surface area contributed by atoms with Gasteiger partial charge in [0.1, 0.15) is 0 Å². The number of aromatic nitrogens is 8. The maximum absolute atomic E-state index is 4.32. The van der Waals surface area contributed by atoms with Crippen molar-refractivity contribution >= 4 is 0 Å². The van der Waals surface area contributed by atoms with Crippen LogP contribution in [0.15, 0.2) is 110 Å². The van der Waals surface area contributed by atoms with Crippen LogP contribution in [0.25, 0.3) is 0 Å². The molecule has 4 aromatic heterocycles. The average Bonchev–Trinajstić information content (AvgIpc) is 1.79. The summed E-state index contributed by atoms with van der Waals surface area (Å²) in [6.07, 6.45) is 32.1. The molecule has 8 fully saturated rings. The van der Waals surface area contributed by atoms with Crippen LogP contribution in [0.4, 0.5) is 0 Å². The van der Waals surface area contributed by atoms with Gasteiger partial charge in [-0.1, -0.05) is 169 Å². The lowest BCUT2D eigenvalue weighted by Gasteiger charge is -2.48. The van der Waals surface area contributed by atoms with Crippen LogP contribution in [0, 0.1) is 47.3 Å². The second kappa shape index (κ2) is 48.7. The summed E-state index contributed by atoms with van der Waals surface area (Å²) < 4.78 is 4.06. The molecule has 0 amide bonds. The lowest BCUT2D eigenvalue weighted by molar-refractivity contribution is 0.0103. The molecule has 7 saturated heterocycles. The van der Waals surface area contributed by atoms with Crippen molar-refractivity contribution in [2.75, 3.05) is 65.4 Å². The van der Waals surface area contributed by atoms with Gasteiger partial charge in [-0.3, -0.25) is 44.1 Å². The van der Waals surface area contributed by atoms with Crippen molar-refractivity contribution in [3.63, 3.8) is 0 Å². The number of nitrogens with zero attached hydrogens (tertiary/aromatic N) is 12. The fourth-order valence-corrected chi connectivity index (χ4v) is 19.1. The van der Waals surface area contributed by atoms with Gasteiger partial charge in [-0.15, -0.1) is 0 Å². The van der Waals surface area contributed by atoms with E-state index in [1.807, 2.05) is 34.2 Å². The second-order valence-corrected chi connectivity index (χ2v) is 43.0. The number of benzene rings is 2. The molecule has 6 aromatic rings. The van der Waals surface area contributed by atoms with Crippen molar-refractivity contribution < 1.29 is 0 Å². The van der Waals surface area contributed by atoms with Crippen LogP contribution in [0.5, 0.6) is 0 Å². The fourth-order valence-electron chi connectivity index (χ4n) is 19.1. The molecule has 0 radical (unpaired) electrons. The molecular formula is C101H180N16. The van der Waals surface area contributed by atoms with E-state index < -0.39 is 0 Å².